The molecule has 34 valence electrons. The van der Waals surface area contributed by atoms with E-state index in [2.05, 4.69) is 22.5 Å². The first-order chi connectivity index (χ1) is 2.77. The van der Waals surface area contributed by atoms with Gasteiger partial charge >= 0.3 is 0 Å². The average Bonchev–Trinajstić information content (AvgIpc) is 1.35. The van der Waals surface area contributed by atoms with E-state index in [9.17, 15) is 0 Å². The van der Waals surface area contributed by atoms with Crippen LogP contribution in [0.4, 0.5) is 0 Å². The van der Waals surface area contributed by atoms with Crippen LogP contribution in [-0.2, 0) is 0 Å². The van der Waals surface area contributed by atoms with Gasteiger partial charge in [-0.05, 0) is 6.08 Å². The Balaban J connectivity index is 3.30. The summed E-state index contributed by atoms with van der Waals surface area (Å²) in [6, 6.07) is 0. The lowest BCUT2D eigenvalue weighted by atomic mass is 10.6. The smallest absolute Gasteiger partial charge is 0.0112 e. The fourth-order valence-corrected chi connectivity index (χ4v) is 0.505. The van der Waals surface area contributed by atoms with E-state index < -0.39 is 0 Å². The summed E-state index contributed by atoms with van der Waals surface area (Å²) in [5.41, 5.74) is 1.40. The topological polar surface area (TPSA) is 0 Å². The number of allylic oxidation sites excluding steroid dienone is 2. The molecule has 0 fully saturated rings. The summed E-state index contributed by atoms with van der Waals surface area (Å²) in [7, 11) is 0. The Morgan fingerprint density at radius 3 is 2.33 bits per heavy atom. The van der Waals surface area contributed by atoms with Crippen molar-refractivity contribution in [2.24, 2.45) is 0 Å². The van der Waals surface area contributed by atoms with Crippen LogP contribution >= 0.6 is 27.5 Å². The zero-order chi connectivity index (χ0) is 4.99. The van der Waals surface area contributed by atoms with Crippen LogP contribution in [0, 0.1) is 0 Å². The molecule has 0 atom stereocenters. The van der Waals surface area contributed by atoms with Crippen LogP contribution in [0.1, 0.15) is 0 Å². The summed E-state index contributed by atoms with van der Waals surface area (Å²) in [6.07, 6.45) is 1.65. The van der Waals surface area contributed by atoms with Crippen molar-refractivity contribution in [3.05, 3.63) is 22.7 Å². The second-order valence-corrected chi connectivity index (χ2v) is 2.01. The summed E-state index contributed by atoms with van der Waals surface area (Å²) in [4.78, 5) is 0. The highest BCUT2D eigenvalue weighted by molar-refractivity contribution is 9.11. The zero-order valence-corrected chi connectivity index (χ0v) is 5.46. The third-order valence-corrected chi connectivity index (χ3v) is 0.634. The van der Waals surface area contributed by atoms with Crippen LogP contribution in [0.3, 0.4) is 0 Å². The Morgan fingerprint density at radius 1 is 1.83 bits per heavy atom. The largest absolute Gasteiger partial charge is 0.0929 e. The van der Waals surface area contributed by atoms with Crippen LogP contribution in [-0.4, -0.2) is 0 Å². The maximum atomic E-state index is 5.13. The summed E-state index contributed by atoms with van der Waals surface area (Å²) in [5, 5.41) is 0. The molecule has 0 nitrogen and oxygen atoms in total. The Labute approximate surface area is 50.6 Å². The quantitative estimate of drug-likeness (QED) is 0.527. The van der Waals surface area contributed by atoms with Gasteiger partial charge in [-0.25, -0.2) is 0 Å². The van der Waals surface area contributed by atoms with E-state index in [1.807, 2.05) is 0 Å². The lowest BCUT2D eigenvalue weighted by Crippen LogP contribution is -1.45. The first-order valence-corrected chi connectivity index (χ1v) is 2.61. The molecule has 0 aromatic carbocycles. The molecule has 0 aliphatic carbocycles. The fourth-order valence-electron chi connectivity index (χ4n) is 0.0684. The van der Waals surface area contributed by atoms with Gasteiger partial charge in [0.05, 0.1) is 0 Å². The molecule has 0 aromatic heterocycles. The number of rotatable bonds is 1. The molecular formula is C4H4BrCl. The van der Waals surface area contributed by atoms with E-state index in [1.54, 1.807) is 6.08 Å². The SMILES string of the molecule is C=C(Br)C=CCl. The van der Waals surface area contributed by atoms with Crippen molar-refractivity contribution in [1.29, 1.82) is 0 Å². The first kappa shape index (κ1) is 6.25. The van der Waals surface area contributed by atoms with Gasteiger partial charge in [0.2, 0.25) is 0 Å². The predicted octanol–water partition coefficient (Wildman–Crippen LogP) is 2.65. The molecule has 6 heavy (non-hydrogen) atoms. The van der Waals surface area contributed by atoms with Crippen molar-refractivity contribution in [3.8, 4) is 0 Å². The average molecular weight is 167 g/mol. The number of hydrogen-bond donors (Lipinski definition) is 0. The van der Waals surface area contributed by atoms with Crippen molar-refractivity contribution in [2.75, 3.05) is 0 Å². The molecule has 0 bridgehead atoms. The number of hydrogen-bond acceptors (Lipinski definition) is 0. The molecule has 0 unspecified atom stereocenters. The van der Waals surface area contributed by atoms with Gasteiger partial charge in [-0.3, -0.25) is 0 Å². The minimum absolute atomic E-state index is 0.789. The lowest BCUT2D eigenvalue weighted by Gasteiger charge is -1.71. The summed E-state index contributed by atoms with van der Waals surface area (Å²) in [5.74, 6) is 0. The molecular weight excluding hydrogens is 163 g/mol. The maximum Gasteiger partial charge on any atom is 0.0112 e. The minimum Gasteiger partial charge on any atom is -0.0929 e. The van der Waals surface area contributed by atoms with Gasteiger partial charge in [-0.1, -0.05) is 34.1 Å². The zero-order valence-electron chi connectivity index (χ0n) is 3.12. The second kappa shape index (κ2) is 3.44. The van der Waals surface area contributed by atoms with Crippen molar-refractivity contribution in [1.82, 2.24) is 0 Å². The van der Waals surface area contributed by atoms with Gasteiger partial charge in [-0.2, -0.15) is 0 Å². The highest BCUT2D eigenvalue weighted by Crippen LogP contribution is 2.01. The van der Waals surface area contributed by atoms with Gasteiger partial charge in [-0.15, -0.1) is 0 Å². The van der Waals surface area contributed by atoms with Crippen LogP contribution in [0.15, 0.2) is 22.7 Å². The van der Waals surface area contributed by atoms with E-state index in [-0.39, 0.29) is 0 Å². The highest BCUT2D eigenvalue weighted by Gasteiger charge is 1.67. The molecule has 0 saturated heterocycles. The minimum atomic E-state index is 0.789. The molecule has 0 spiro atoms. The van der Waals surface area contributed by atoms with E-state index >= 15 is 0 Å². The first-order valence-electron chi connectivity index (χ1n) is 1.38. The normalized spacial score (nSPS) is 9.67. The third-order valence-electron chi connectivity index (χ3n) is 0.244. The Kier molecular flexibility index (Phi) is 3.58. The molecule has 0 N–H and O–H groups in total. The van der Waals surface area contributed by atoms with Crippen LogP contribution in [0.25, 0.3) is 0 Å². The Morgan fingerprint density at radius 2 is 2.33 bits per heavy atom. The summed E-state index contributed by atoms with van der Waals surface area (Å²) >= 11 is 8.19. The predicted molar refractivity (Wildman–Crippen MR) is 33.1 cm³/mol. The van der Waals surface area contributed by atoms with Crippen molar-refractivity contribution < 1.29 is 0 Å². The Bertz CT molecular complexity index is 75.6. The third kappa shape index (κ3) is 4.25. The van der Waals surface area contributed by atoms with Crippen LogP contribution in [0.5, 0.6) is 0 Å². The standard InChI is InChI=1S/C4H4BrCl/c1-4(5)2-3-6/h2-3H,1H2. The second-order valence-electron chi connectivity index (χ2n) is 0.740. The number of halogens is 2. The summed E-state index contributed by atoms with van der Waals surface area (Å²) in [6.45, 7) is 3.49. The fraction of sp³-hybridized carbons (Fsp3) is 0. The monoisotopic (exact) mass is 166 g/mol. The van der Waals surface area contributed by atoms with Crippen LogP contribution in [0.2, 0.25) is 0 Å². The van der Waals surface area contributed by atoms with Gasteiger partial charge in [0.25, 0.3) is 0 Å². The van der Waals surface area contributed by atoms with Gasteiger partial charge in [0.1, 0.15) is 0 Å². The summed E-state index contributed by atoms with van der Waals surface area (Å²) < 4.78 is 0.789. The van der Waals surface area contributed by atoms with E-state index in [4.69, 9.17) is 11.6 Å². The van der Waals surface area contributed by atoms with E-state index in [0.717, 1.165) is 4.48 Å². The molecule has 0 aliphatic heterocycles. The van der Waals surface area contributed by atoms with Crippen LogP contribution < -0.4 is 0 Å². The highest BCUT2D eigenvalue weighted by atomic mass is 79.9. The molecule has 0 aliphatic rings. The van der Waals surface area contributed by atoms with E-state index in [1.165, 1.54) is 5.54 Å². The molecule has 0 aromatic rings. The Hall–Kier alpha value is 0.250. The maximum absolute atomic E-state index is 5.13. The molecule has 0 radical (unpaired) electrons. The van der Waals surface area contributed by atoms with Gasteiger partial charge in [0.15, 0.2) is 0 Å². The molecule has 0 saturated carbocycles. The lowest BCUT2D eigenvalue weighted by molar-refractivity contribution is 2.06. The van der Waals surface area contributed by atoms with Crippen molar-refractivity contribution in [3.63, 3.8) is 0 Å². The molecule has 0 rings (SSSR count). The molecule has 2 heteroatoms. The molecule has 0 heterocycles. The van der Waals surface area contributed by atoms with Crippen molar-refractivity contribution >= 4 is 27.5 Å². The van der Waals surface area contributed by atoms with Gasteiger partial charge < -0.3 is 0 Å². The molecule has 0 amide bonds. The van der Waals surface area contributed by atoms with Gasteiger partial charge in [0, 0.05) is 10.0 Å². The van der Waals surface area contributed by atoms with Crippen molar-refractivity contribution in [2.45, 2.75) is 0 Å². The van der Waals surface area contributed by atoms with E-state index in [0.29, 0.717) is 0 Å².